The molecule has 7 heteroatoms. The second kappa shape index (κ2) is 5.61. The fraction of sp³-hybridized carbons (Fsp3) is 0.0714. The maximum atomic E-state index is 13.4. The van der Waals surface area contributed by atoms with Crippen LogP contribution in [0.15, 0.2) is 47.4 Å². The molecule has 21 heavy (non-hydrogen) atoms. The molecule has 0 fully saturated rings. The van der Waals surface area contributed by atoms with E-state index in [2.05, 4.69) is 5.32 Å². The van der Waals surface area contributed by atoms with Gasteiger partial charge in [-0.15, -0.1) is 0 Å². The number of hydrogen-bond donors (Lipinski definition) is 1. The molecule has 0 aliphatic rings. The summed E-state index contributed by atoms with van der Waals surface area (Å²) in [4.78, 5) is 12.0. The van der Waals surface area contributed by atoms with E-state index in [-0.39, 0.29) is 16.1 Å². The Kier molecular flexibility index (Phi) is 4.04. The summed E-state index contributed by atoms with van der Waals surface area (Å²) in [5, 5.41) is 2.22. The van der Waals surface area contributed by atoms with Crippen LogP contribution in [0, 0.1) is 11.6 Å². The Morgan fingerprint density at radius 3 is 2.24 bits per heavy atom. The Morgan fingerprint density at radius 2 is 1.67 bits per heavy atom. The highest BCUT2D eigenvalue weighted by molar-refractivity contribution is 7.90. The topological polar surface area (TPSA) is 63.2 Å². The van der Waals surface area contributed by atoms with Gasteiger partial charge in [-0.1, -0.05) is 0 Å². The van der Waals surface area contributed by atoms with Gasteiger partial charge < -0.3 is 5.32 Å². The van der Waals surface area contributed by atoms with E-state index in [1.54, 1.807) is 0 Å². The van der Waals surface area contributed by atoms with E-state index in [9.17, 15) is 22.0 Å². The fourth-order valence-electron chi connectivity index (χ4n) is 1.64. The summed E-state index contributed by atoms with van der Waals surface area (Å²) < 4.78 is 49.0. The van der Waals surface area contributed by atoms with Crippen molar-refractivity contribution < 1.29 is 22.0 Å². The molecule has 0 heterocycles. The van der Waals surface area contributed by atoms with E-state index in [0.29, 0.717) is 0 Å². The lowest BCUT2D eigenvalue weighted by Gasteiger charge is -2.07. The molecular weight excluding hydrogens is 300 g/mol. The number of benzene rings is 2. The van der Waals surface area contributed by atoms with Gasteiger partial charge in [0.05, 0.1) is 10.6 Å². The zero-order chi connectivity index (χ0) is 15.6. The van der Waals surface area contributed by atoms with Gasteiger partial charge in [0.2, 0.25) is 0 Å². The molecule has 110 valence electrons. The van der Waals surface area contributed by atoms with Gasteiger partial charge >= 0.3 is 0 Å². The molecule has 0 aliphatic carbocycles. The first-order chi connectivity index (χ1) is 9.77. The normalized spacial score (nSPS) is 11.2. The molecule has 1 N–H and O–H groups in total. The molecule has 0 saturated heterocycles. The van der Waals surface area contributed by atoms with Crippen molar-refractivity contribution >= 4 is 21.4 Å². The smallest absolute Gasteiger partial charge is 0.255 e. The fourth-order valence-corrected chi connectivity index (χ4v) is 2.27. The van der Waals surface area contributed by atoms with E-state index in [1.807, 2.05) is 0 Å². The van der Waals surface area contributed by atoms with Gasteiger partial charge in [-0.3, -0.25) is 4.79 Å². The first-order valence-electron chi connectivity index (χ1n) is 5.84. The second-order valence-electron chi connectivity index (χ2n) is 4.37. The number of carbonyl (C=O) groups is 1. The van der Waals surface area contributed by atoms with Crippen molar-refractivity contribution in [2.45, 2.75) is 4.90 Å². The van der Waals surface area contributed by atoms with Crippen LogP contribution in [-0.2, 0) is 9.84 Å². The van der Waals surface area contributed by atoms with Crippen LogP contribution in [-0.4, -0.2) is 20.6 Å². The average molecular weight is 311 g/mol. The number of anilines is 1. The number of hydrogen-bond acceptors (Lipinski definition) is 3. The number of amides is 1. The number of nitrogens with one attached hydrogen (secondary N) is 1. The van der Waals surface area contributed by atoms with Gasteiger partial charge in [0.1, 0.15) is 11.6 Å². The summed E-state index contributed by atoms with van der Waals surface area (Å²) >= 11 is 0. The van der Waals surface area contributed by atoms with Gasteiger partial charge in [-0.05, 0) is 36.4 Å². The highest BCUT2D eigenvalue weighted by Crippen LogP contribution is 2.17. The summed E-state index contributed by atoms with van der Waals surface area (Å²) in [7, 11) is -3.36. The van der Waals surface area contributed by atoms with E-state index in [1.165, 1.54) is 24.3 Å². The van der Waals surface area contributed by atoms with Crippen LogP contribution in [0.3, 0.4) is 0 Å². The molecule has 0 aliphatic heterocycles. The van der Waals surface area contributed by atoms with Crippen LogP contribution < -0.4 is 5.32 Å². The number of halogens is 2. The summed E-state index contributed by atoms with van der Waals surface area (Å²) in [6, 6.07) is 7.83. The maximum Gasteiger partial charge on any atom is 0.255 e. The molecule has 0 radical (unpaired) electrons. The standard InChI is InChI=1S/C14H11F2NO3S/c1-21(19,20)11-5-2-9(3-6-11)14(18)17-13-8-10(15)4-7-12(13)16/h2-8H,1H3,(H,17,18). The van der Waals surface area contributed by atoms with Gasteiger partial charge in [0, 0.05) is 17.9 Å². The Hall–Kier alpha value is -2.28. The zero-order valence-corrected chi connectivity index (χ0v) is 11.7. The van der Waals surface area contributed by atoms with Gasteiger partial charge in [-0.2, -0.15) is 0 Å². The van der Waals surface area contributed by atoms with Crippen LogP contribution in [0.4, 0.5) is 14.5 Å². The quantitative estimate of drug-likeness (QED) is 0.948. The summed E-state index contributed by atoms with van der Waals surface area (Å²) in [5.41, 5.74) is -0.154. The zero-order valence-electron chi connectivity index (χ0n) is 10.9. The Bertz CT molecular complexity index is 786. The van der Waals surface area contributed by atoms with Crippen molar-refractivity contribution in [3.05, 3.63) is 59.7 Å². The largest absolute Gasteiger partial charge is 0.319 e. The lowest BCUT2D eigenvalue weighted by Crippen LogP contribution is -2.13. The third-order valence-corrected chi connectivity index (χ3v) is 3.85. The molecule has 0 atom stereocenters. The van der Waals surface area contributed by atoms with Gasteiger partial charge in [-0.25, -0.2) is 17.2 Å². The van der Waals surface area contributed by atoms with Crippen molar-refractivity contribution in [3.63, 3.8) is 0 Å². The molecule has 2 aromatic rings. The molecule has 0 spiro atoms. The predicted molar refractivity (Wildman–Crippen MR) is 73.9 cm³/mol. The minimum Gasteiger partial charge on any atom is -0.319 e. The monoisotopic (exact) mass is 311 g/mol. The van der Waals surface area contributed by atoms with E-state index in [4.69, 9.17) is 0 Å². The minimum atomic E-state index is -3.36. The van der Waals surface area contributed by atoms with Crippen LogP contribution in [0.5, 0.6) is 0 Å². The number of sulfone groups is 1. The van der Waals surface area contributed by atoms with Crippen molar-refractivity contribution in [1.82, 2.24) is 0 Å². The molecular formula is C14H11F2NO3S. The van der Waals surface area contributed by atoms with Crippen LogP contribution in [0.25, 0.3) is 0 Å². The second-order valence-corrected chi connectivity index (χ2v) is 6.39. The third-order valence-electron chi connectivity index (χ3n) is 2.72. The highest BCUT2D eigenvalue weighted by Gasteiger charge is 2.12. The summed E-state index contributed by atoms with van der Waals surface area (Å²) in [6.07, 6.45) is 1.05. The van der Waals surface area contributed by atoms with Crippen molar-refractivity contribution in [2.75, 3.05) is 11.6 Å². The summed E-state index contributed by atoms with van der Waals surface area (Å²) in [6.45, 7) is 0. The SMILES string of the molecule is CS(=O)(=O)c1ccc(C(=O)Nc2cc(F)ccc2F)cc1. The Morgan fingerprint density at radius 1 is 1.05 bits per heavy atom. The number of rotatable bonds is 3. The molecule has 0 unspecified atom stereocenters. The predicted octanol–water partition coefficient (Wildman–Crippen LogP) is 2.62. The molecule has 1 amide bonds. The van der Waals surface area contributed by atoms with Gasteiger partial charge in [0.25, 0.3) is 5.91 Å². The molecule has 0 bridgehead atoms. The third kappa shape index (κ3) is 3.63. The molecule has 4 nitrogen and oxygen atoms in total. The Labute approximate surface area is 120 Å². The van der Waals surface area contributed by atoms with Crippen molar-refractivity contribution in [3.8, 4) is 0 Å². The Balaban J connectivity index is 2.23. The molecule has 0 aromatic heterocycles. The van der Waals surface area contributed by atoms with Crippen LogP contribution in [0.1, 0.15) is 10.4 Å². The maximum absolute atomic E-state index is 13.4. The van der Waals surface area contributed by atoms with Gasteiger partial charge in [0.15, 0.2) is 9.84 Å². The lowest BCUT2D eigenvalue weighted by atomic mass is 10.2. The van der Waals surface area contributed by atoms with E-state index >= 15 is 0 Å². The molecule has 0 saturated carbocycles. The number of carbonyl (C=O) groups excluding carboxylic acids is 1. The highest BCUT2D eigenvalue weighted by atomic mass is 32.2. The summed E-state index contributed by atoms with van der Waals surface area (Å²) in [5.74, 6) is -2.11. The van der Waals surface area contributed by atoms with E-state index < -0.39 is 27.4 Å². The van der Waals surface area contributed by atoms with E-state index in [0.717, 1.165) is 24.5 Å². The van der Waals surface area contributed by atoms with Crippen LogP contribution in [0.2, 0.25) is 0 Å². The first-order valence-corrected chi connectivity index (χ1v) is 7.73. The first kappa shape index (κ1) is 15.1. The van der Waals surface area contributed by atoms with Crippen molar-refractivity contribution in [1.29, 1.82) is 0 Å². The molecule has 2 rings (SSSR count). The van der Waals surface area contributed by atoms with Crippen LogP contribution >= 0.6 is 0 Å². The van der Waals surface area contributed by atoms with Crippen molar-refractivity contribution in [2.24, 2.45) is 0 Å². The molecule has 2 aromatic carbocycles. The average Bonchev–Trinajstić information content (AvgIpc) is 2.42. The lowest BCUT2D eigenvalue weighted by molar-refractivity contribution is 0.102. The minimum absolute atomic E-state index is 0.0657.